The van der Waals surface area contributed by atoms with Gasteiger partial charge in [0.2, 0.25) is 0 Å². The maximum atomic E-state index is 12.8. The van der Waals surface area contributed by atoms with Gasteiger partial charge < -0.3 is 19.9 Å². The first kappa shape index (κ1) is 17.3. The molecule has 0 unspecified atom stereocenters. The van der Waals surface area contributed by atoms with Crippen molar-refractivity contribution >= 4 is 34.9 Å². The quantitative estimate of drug-likeness (QED) is 0.780. The number of nitrogens with two attached hydrogens (primary N) is 1. The number of methoxy groups -OCH3 is 1. The second kappa shape index (κ2) is 6.78. The molecule has 130 valence electrons. The molecule has 0 aliphatic carbocycles. The number of aromatic nitrogens is 1. The van der Waals surface area contributed by atoms with Crippen LogP contribution in [0.5, 0.6) is 5.75 Å². The zero-order chi connectivity index (χ0) is 16.7. The van der Waals surface area contributed by atoms with Gasteiger partial charge in [0.05, 0.1) is 19.2 Å². The lowest BCUT2D eigenvalue weighted by molar-refractivity contribution is 0.0996. The standard InChI is InChI=1S/C19H19N3O2.ClH/c1-24-16-5-3-14-12-22(19(23)17(14)11-16)15-4-2-13-6-8-21(9-7-20)18(13)10-15;/h2-6,8,10-11H,7,9,12,20H2,1H3;1H. The van der Waals surface area contributed by atoms with E-state index >= 15 is 0 Å². The van der Waals surface area contributed by atoms with Crippen molar-refractivity contribution in [1.29, 1.82) is 0 Å². The van der Waals surface area contributed by atoms with Gasteiger partial charge in [0, 0.05) is 30.5 Å². The van der Waals surface area contributed by atoms with Crippen LogP contribution in [-0.4, -0.2) is 24.1 Å². The summed E-state index contributed by atoms with van der Waals surface area (Å²) in [6.45, 7) is 1.93. The van der Waals surface area contributed by atoms with Gasteiger partial charge in [-0.1, -0.05) is 12.1 Å². The predicted octanol–water partition coefficient (Wildman–Crippen LogP) is 3.19. The molecule has 2 aromatic carbocycles. The molecule has 6 heteroatoms. The molecule has 0 bridgehead atoms. The Labute approximate surface area is 152 Å². The summed E-state index contributed by atoms with van der Waals surface area (Å²) in [6, 6.07) is 13.8. The van der Waals surface area contributed by atoms with Crippen molar-refractivity contribution in [2.75, 3.05) is 18.6 Å². The zero-order valence-corrected chi connectivity index (χ0v) is 14.8. The number of hydrogen-bond donors (Lipinski definition) is 1. The van der Waals surface area contributed by atoms with Crippen molar-refractivity contribution in [3.63, 3.8) is 0 Å². The van der Waals surface area contributed by atoms with Crippen LogP contribution in [0.3, 0.4) is 0 Å². The summed E-state index contributed by atoms with van der Waals surface area (Å²) < 4.78 is 7.35. The fourth-order valence-corrected chi connectivity index (χ4v) is 3.29. The minimum Gasteiger partial charge on any atom is -0.497 e. The first-order chi connectivity index (χ1) is 11.7. The smallest absolute Gasteiger partial charge is 0.259 e. The fourth-order valence-electron chi connectivity index (χ4n) is 3.29. The van der Waals surface area contributed by atoms with Gasteiger partial charge in [-0.05, 0) is 41.3 Å². The summed E-state index contributed by atoms with van der Waals surface area (Å²) >= 11 is 0. The van der Waals surface area contributed by atoms with Crippen molar-refractivity contribution in [2.45, 2.75) is 13.1 Å². The lowest BCUT2D eigenvalue weighted by Crippen LogP contribution is -2.23. The number of rotatable bonds is 4. The van der Waals surface area contributed by atoms with Crippen LogP contribution in [0.1, 0.15) is 15.9 Å². The third-order valence-corrected chi connectivity index (χ3v) is 4.56. The Hall–Kier alpha value is -2.50. The van der Waals surface area contributed by atoms with E-state index in [1.807, 2.05) is 35.4 Å². The Kier molecular flexibility index (Phi) is 4.70. The molecule has 0 saturated heterocycles. The Morgan fingerprint density at radius 3 is 2.76 bits per heavy atom. The highest BCUT2D eigenvalue weighted by Crippen LogP contribution is 2.32. The highest BCUT2D eigenvalue weighted by atomic mass is 35.5. The molecule has 0 radical (unpaired) electrons. The van der Waals surface area contributed by atoms with Crippen molar-refractivity contribution in [1.82, 2.24) is 4.57 Å². The molecule has 0 saturated carbocycles. The van der Waals surface area contributed by atoms with Gasteiger partial charge in [0.1, 0.15) is 5.75 Å². The van der Waals surface area contributed by atoms with E-state index in [4.69, 9.17) is 10.5 Å². The van der Waals surface area contributed by atoms with Gasteiger partial charge in [-0.25, -0.2) is 0 Å². The SMILES string of the molecule is COc1ccc2c(c1)C(=O)N(c1ccc3ccn(CCN)c3c1)C2.Cl. The normalized spacial score (nSPS) is 13.0. The molecule has 4 rings (SSSR count). The second-order valence-corrected chi connectivity index (χ2v) is 5.96. The summed E-state index contributed by atoms with van der Waals surface area (Å²) in [6.07, 6.45) is 2.03. The summed E-state index contributed by atoms with van der Waals surface area (Å²) in [5.41, 5.74) is 9.42. The average molecular weight is 358 g/mol. The van der Waals surface area contributed by atoms with Crippen LogP contribution in [0.25, 0.3) is 10.9 Å². The van der Waals surface area contributed by atoms with Crippen LogP contribution >= 0.6 is 12.4 Å². The molecule has 0 atom stereocenters. The number of ether oxygens (including phenoxy) is 1. The number of anilines is 1. The van der Waals surface area contributed by atoms with Gasteiger partial charge in [-0.15, -0.1) is 12.4 Å². The molecular formula is C19H20ClN3O2. The van der Waals surface area contributed by atoms with Crippen LogP contribution in [-0.2, 0) is 13.1 Å². The largest absolute Gasteiger partial charge is 0.497 e. The second-order valence-electron chi connectivity index (χ2n) is 5.96. The highest BCUT2D eigenvalue weighted by Gasteiger charge is 2.29. The number of halogens is 1. The van der Waals surface area contributed by atoms with Gasteiger partial charge in [-0.3, -0.25) is 4.79 Å². The third kappa shape index (κ3) is 2.86. The monoisotopic (exact) mass is 357 g/mol. The van der Waals surface area contributed by atoms with E-state index in [1.54, 1.807) is 7.11 Å². The fraction of sp³-hybridized carbons (Fsp3) is 0.211. The van der Waals surface area contributed by atoms with Crippen molar-refractivity contribution in [2.24, 2.45) is 5.73 Å². The molecule has 1 aliphatic rings. The summed E-state index contributed by atoms with van der Waals surface area (Å²) in [4.78, 5) is 14.6. The van der Waals surface area contributed by atoms with Crippen LogP contribution in [0, 0.1) is 0 Å². The average Bonchev–Trinajstić information content (AvgIpc) is 3.16. The molecule has 2 N–H and O–H groups in total. The van der Waals surface area contributed by atoms with E-state index in [0.29, 0.717) is 24.4 Å². The molecule has 3 aromatic rings. The first-order valence-corrected chi connectivity index (χ1v) is 7.99. The highest BCUT2D eigenvalue weighted by molar-refractivity contribution is 6.10. The maximum Gasteiger partial charge on any atom is 0.259 e. The molecule has 25 heavy (non-hydrogen) atoms. The van der Waals surface area contributed by atoms with Crippen molar-refractivity contribution < 1.29 is 9.53 Å². The predicted molar refractivity (Wildman–Crippen MR) is 102 cm³/mol. The summed E-state index contributed by atoms with van der Waals surface area (Å²) in [5.74, 6) is 0.719. The Morgan fingerprint density at radius 2 is 2.00 bits per heavy atom. The molecule has 0 spiro atoms. The Morgan fingerprint density at radius 1 is 1.16 bits per heavy atom. The van der Waals surface area contributed by atoms with E-state index in [2.05, 4.69) is 22.8 Å². The van der Waals surface area contributed by atoms with E-state index in [1.165, 1.54) is 0 Å². The lowest BCUT2D eigenvalue weighted by Gasteiger charge is -2.16. The third-order valence-electron chi connectivity index (χ3n) is 4.56. The first-order valence-electron chi connectivity index (χ1n) is 7.99. The topological polar surface area (TPSA) is 60.5 Å². The zero-order valence-electron chi connectivity index (χ0n) is 13.9. The molecule has 5 nitrogen and oxygen atoms in total. The van der Waals surface area contributed by atoms with Gasteiger partial charge in [-0.2, -0.15) is 0 Å². The molecule has 1 amide bonds. The van der Waals surface area contributed by atoms with E-state index in [-0.39, 0.29) is 18.3 Å². The maximum absolute atomic E-state index is 12.8. The molecule has 1 aliphatic heterocycles. The number of carbonyl (C=O) groups is 1. The summed E-state index contributed by atoms with van der Waals surface area (Å²) in [7, 11) is 1.61. The van der Waals surface area contributed by atoms with Gasteiger partial charge >= 0.3 is 0 Å². The van der Waals surface area contributed by atoms with Gasteiger partial charge in [0.25, 0.3) is 5.91 Å². The number of carbonyl (C=O) groups excluding carboxylic acids is 1. The molecule has 0 fully saturated rings. The van der Waals surface area contributed by atoms with Crippen molar-refractivity contribution in [3.05, 3.63) is 59.8 Å². The Balaban J connectivity index is 0.00000182. The lowest BCUT2D eigenvalue weighted by atomic mass is 10.1. The van der Waals surface area contributed by atoms with Crippen molar-refractivity contribution in [3.8, 4) is 5.75 Å². The van der Waals surface area contributed by atoms with Crippen LogP contribution in [0.15, 0.2) is 48.7 Å². The molecular weight excluding hydrogens is 338 g/mol. The van der Waals surface area contributed by atoms with E-state index in [0.717, 1.165) is 28.7 Å². The van der Waals surface area contributed by atoms with E-state index in [9.17, 15) is 4.79 Å². The van der Waals surface area contributed by atoms with Gasteiger partial charge in [0.15, 0.2) is 0 Å². The van der Waals surface area contributed by atoms with Crippen LogP contribution in [0.2, 0.25) is 0 Å². The number of nitrogens with zero attached hydrogens (tertiary/aromatic N) is 2. The minimum atomic E-state index is 0. The Bertz CT molecular complexity index is 936. The minimum absolute atomic E-state index is 0. The number of amides is 1. The van der Waals surface area contributed by atoms with Crippen LogP contribution < -0.4 is 15.4 Å². The molecule has 2 heterocycles. The summed E-state index contributed by atoms with van der Waals surface area (Å²) in [5, 5.41) is 1.15. The number of benzene rings is 2. The van der Waals surface area contributed by atoms with E-state index < -0.39 is 0 Å². The van der Waals surface area contributed by atoms with Crippen LogP contribution in [0.4, 0.5) is 5.69 Å². The molecule has 1 aromatic heterocycles. The number of hydrogen-bond acceptors (Lipinski definition) is 3. The number of fused-ring (bicyclic) bond motifs is 2.